The molecule has 1 amide bonds. The van der Waals surface area contributed by atoms with E-state index in [1.54, 1.807) is 0 Å². The average molecular weight is 373 g/mol. The van der Waals surface area contributed by atoms with Gasteiger partial charge in [-0.1, -0.05) is 44.9 Å². The van der Waals surface area contributed by atoms with Gasteiger partial charge < -0.3 is 25.2 Å². The van der Waals surface area contributed by atoms with Crippen LogP contribution in [0.1, 0.15) is 70.6 Å². The third kappa shape index (κ3) is 5.81. The highest BCUT2D eigenvalue weighted by Crippen LogP contribution is 2.33. The minimum Gasteiger partial charge on any atom is -0.447 e. The molecule has 5 atom stereocenters. The van der Waals surface area contributed by atoms with Crippen LogP contribution in [0.3, 0.4) is 0 Å². The summed E-state index contributed by atoms with van der Waals surface area (Å²) < 4.78 is 4.98. The third-order valence-corrected chi connectivity index (χ3v) is 5.67. The van der Waals surface area contributed by atoms with Crippen LogP contribution in [0, 0.1) is 0 Å². The van der Waals surface area contributed by atoms with Crippen molar-refractivity contribution in [2.24, 2.45) is 0 Å². The van der Waals surface area contributed by atoms with Gasteiger partial charge in [0.15, 0.2) is 0 Å². The zero-order valence-corrected chi connectivity index (χ0v) is 15.6. The molecule has 0 radical (unpaired) electrons. The van der Waals surface area contributed by atoms with E-state index in [0.717, 1.165) is 51.4 Å². The summed E-state index contributed by atoms with van der Waals surface area (Å²) in [6.07, 6.45) is 7.92. The van der Waals surface area contributed by atoms with Gasteiger partial charge in [-0.3, -0.25) is 4.90 Å². The summed E-state index contributed by atoms with van der Waals surface area (Å²) in [4.78, 5) is 13.3. The Morgan fingerprint density at radius 3 is 2.27 bits per heavy atom. The summed E-state index contributed by atoms with van der Waals surface area (Å²) in [6.45, 7) is 0.315. The van der Waals surface area contributed by atoms with Crippen LogP contribution in [0.5, 0.6) is 0 Å². The fourth-order valence-corrected chi connectivity index (χ4v) is 4.11. The van der Waals surface area contributed by atoms with E-state index in [4.69, 9.17) is 9.84 Å². The first-order valence-corrected chi connectivity index (χ1v) is 10.2. The number of hydrogen-bond donors (Lipinski definition) is 4. The molecule has 7 heteroatoms. The highest BCUT2D eigenvalue weighted by atomic mass is 16.6. The predicted octanol–water partition coefficient (Wildman–Crippen LogP) is 1.56. The Balaban J connectivity index is 1.49. The van der Waals surface area contributed by atoms with Crippen molar-refractivity contribution in [3.63, 3.8) is 0 Å². The van der Waals surface area contributed by atoms with Gasteiger partial charge in [-0.15, -0.1) is 0 Å². The highest BCUT2D eigenvalue weighted by molar-refractivity contribution is 5.71. The van der Waals surface area contributed by atoms with E-state index in [-0.39, 0.29) is 25.4 Å². The van der Waals surface area contributed by atoms with Crippen LogP contribution in [0.4, 0.5) is 4.79 Å². The van der Waals surface area contributed by atoms with E-state index in [2.05, 4.69) is 0 Å². The van der Waals surface area contributed by atoms with Crippen molar-refractivity contribution >= 4 is 6.09 Å². The zero-order chi connectivity index (χ0) is 18.9. The normalized spacial score (nSPS) is 29.1. The van der Waals surface area contributed by atoms with Crippen molar-refractivity contribution in [3.05, 3.63) is 0 Å². The first-order valence-electron chi connectivity index (χ1n) is 10.2. The lowest BCUT2D eigenvalue weighted by Crippen LogP contribution is -2.38. The smallest absolute Gasteiger partial charge is 0.410 e. The molecule has 2 aliphatic heterocycles. The lowest BCUT2D eigenvalue weighted by molar-refractivity contribution is 0.0169. The molecule has 2 heterocycles. The van der Waals surface area contributed by atoms with E-state index in [1.165, 1.54) is 4.90 Å². The van der Waals surface area contributed by atoms with Crippen LogP contribution < -0.4 is 0 Å². The van der Waals surface area contributed by atoms with Crippen LogP contribution in [-0.4, -0.2) is 75.0 Å². The number of nitrogens with zero attached hydrogens (tertiary/aromatic N) is 1. The molecule has 0 unspecified atom stereocenters. The second-order valence-electron chi connectivity index (χ2n) is 7.67. The van der Waals surface area contributed by atoms with Crippen LogP contribution in [0.15, 0.2) is 0 Å². The Labute approximate surface area is 156 Å². The number of aliphatic hydroxyl groups is 4. The largest absolute Gasteiger partial charge is 0.447 e. The minimum absolute atomic E-state index is 0.146. The average Bonchev–Trinajstić information content (AvgIpc) is 3.12. The molecule has 0 spiro atoms. The molecule has 0 aromatic heterocycles. The van der Waals surface area contributed by atoms with Crippen molar-refractivity contribution in [2.45, 2.75) is 101 Å². The molecule has 152 valence electrons. The van der Waals surface area contributed by atoms with E-state index in [1.807, 2.05) is 0 Å². The predicted molar refractivity (Wildman–Crippen MR) is 96.7 cm³/mol. The summed E-state index contributed by atoms with van der Waals surface area (Å²) in [5.41, 5.74) is 0. The van der Waals surface area contributed by atoms with Crippen LogP contribution >= 0.6 is 0 Å². The van der Waals surface area contributed by atoms with Crippen molar-refractivity contribution in [3.8, 4) is 0 Å². The van der Waals surface area contributed by atoms with Crippen LogP contribution in [-0.2, 0) is 4.74 Å². The topological polar surface area (TPSA) is 110 Å². The second kappa shape index (κ2) is 11.1. The van der Waals surface area contributed by atoms with Gasteiger partial charge >= 0.3 is 6.09 Å². The Bertz CT molecular complexity index is 421. The number of carbonyl (C=O) groups excluding carboxylic acids is 1. The van der Waals surface area contributed by atoms with Gasteiger partial charge in [0.2, 0.25) is 0 Å². The molecule has 26 heavy (non-hydrogen) atoms. The first-order chi connectivity index (χ1) is 12.6. The molecule has 0 bridgehead atoms. The van der Waals surface area contributed by atoms with Gasteiger partial charge in [0.25, 0.3) is 0 Å². The number of unbranched alkanes of at least 4 members (excludes halogenated alkanes) is 6. The molecule has 2 rings (SSSR count). The Kier molecular flexibility index (Phi) is 9.11. The highest BCUT2D eigenvalue weighted by Gasteiger charge is 2.53. The second-order valence-corrected chi connectivity index (χ2v) is 7.67. The summed E-state index contributed by atoms with van der Waals surface area (Å²) in [5.74, 6) is 0. The number of ether oxygens (including phenoxy) is 1. The van der Waals surface area contributed by atoms with Crippen molar-refractivity contribution in [1.29, 1.82) is 0 Å². The number of rotatable bonds is 13. The van der Waals surface area contributed by atoms with E-state index in [0.29, 0.717) is 19.3 Å². The SMILES string of the molecule is O=C1OC[C@@H]2[C@@H](O)[C@H](O)[C@@H](CCCCCCCCC[C@H](O)CCCO)N12. The Morgan fingerprint density at radius 2 is 1.58 bits per heavy atom. The van der Waals surface area contributed by atoms with E-state index in [9.17, 15) is 20.1 Å². The Morgan fingerprint density at radius 1 is 0.962 bits per heavy atom. The van der Waals surface area contributed by atoms with Crippen molar-refractivity contribution in [1.82, 2.24) is 4.90 Å². The van der Waals surface area contributed by atoms with Crippen LogP contribution in [0.2, 0.25) is 0 Å². The Hall–Kier alpha value is -0.890. The molecule has 0 saturated carbocycles. The van der Waals surface area contributed by atoms with Gasteiger partial charge in [0.1, 0.15) is 18.8 Å². The maximum absolute atomic E-state index is 11.8. The monoisotopic (exact) mass is 373 g/mol. The summed E-state index contributed by atoms with van der Waals surface area (Å²) in [5, 5.41) is 38.6. The minimum atomic E-state index is -0.904. The fraction of sp³-hybridized carbons (Fsp3) is 0.947. The molecule has 2 fully saturated rings. The van der Waals surface area contributed by atoms with Gasteiger partial charge in [-0.2, -0.15) is 0 Å². The van der Waals surface area contributed by atoms with E-state index < -0.39 is 24.3 Å². The quantitative estimate of drug-likeness (QED) is 0.365. The molecule has 0 aliphatic carbocycles. The van der Waals surface area contributed by atoms with Crippen molar-refractivity contribution in [2.75, 3.05) is 13.2 Å². The molecular formula is C19H35NO6. The number of carbonyl (C=O) groups is 1. The number of hydrogen-bond acceptors (Lipinski definition) is 6. The van der Waals surface area contributed by atoms with Gasteiger partial charge in [-0.25, -0.2) is 4.79 Å². The molecule has 0 aromatic carbocycles. The first kappa shape index (κ1) is 21.4. The maximum atomic E-state index is 11.8. The summed E-state index contributed by atoms with van der Waals surface area (Å²) >= 11 is 0. The maximum Gasteiger partial charge on any atom is 0.410 e. The standard InChI is InChI=1S/C19H35NO6/c21-12-8-10-14(22)9-6-4-2-1-3-5-7-11-15-17(23)18(24)16-13-26-19(25)20(15)16/h14-18,21-24H,1-13H2/t14-,15+,16+,17+,18+/m0/s1. The van der Waals surface area contributed by atoms with Gasteiger partial charge in [0.05, 0.1) is 18.2 Å². The third-order valence-electron chi connectivity index (χ3n) is 5.67. The number of amides is 1. The van der Waals surface area contributed by atoms with E-state index >= 15 is 0 Å². The molecule has 2 aliphatic rings. The lowest BCUT2D eigenvalue weighted by atomic mass is 10.0. The molecule has 0 aromatic rings. The molecule has 7 nitrogen and oxygen atoms in total. The number of aliphatic hydroxyl groups excluding tert-OH is 4. The molecule has 2 saturated heterocycles. The fourth-order valence-electron chi connectivity index (χ4n) is 4.11. The van der Waals surface area contributed by atoms with Crippen LogP contribution in [0.25, 0.3) is 0 Å². The lowest BCUT2D eigenvalue weighted by Gasteiger charge is -2.22. The summed E-state index contributed by atoms with van der Waals surface area (Å²) in [6, 6.07) is -0.722. The molecule has 4 N–H and O–H groups in total. The number of fused-ring (bicyclic) bond motifs is 1. The molecular weight excluding hydrogens is 338 g/mol. The van der Waals surface area contributed by atoms with Gasteiger partial charge in [-0.05, 0) is 25.7 Å². The zero-order valence-electron chi connectivity index (χ0n) is 15.6. The summed E-state index contributed by atoms with van der Waals surface area (Å²) in [7, 11) is 0. The van der Waals surface area contributed by atoms with Gasteiger partial charge in [0, 0.05) is 6.61 Å². The van der Waals surface area contributed by atoms with Crippen molar-refractivity contribution < 1.29 is 30.0 Å². The number of cyclic esters (lactones) is 1.